The summed E-state index contributed by atoms with van der Waals surface area (Å²) in [5, 5.41) is 1.15. The highest BCUT2D eigenvalue weighted by atomic mass is 16.6. The lowest BCUT2D eigenvalue weighted by Gasteiger charge is -2.29. The van der Waals surface area contributed by atoms with Gasteiger partial charge in [0.25, 0.3) is 0 Å². The second kappa shape index (κ2) is 11.1. The molecule has 7 nitrogen and oxygen atoms in total. The van der Waals surface area contributed by atoms with E-state index < -0.39 is 23.4 Å². The minimum atomic E-state index is -0.700. The van der Waals surface area contributed by atoms with Crippen LogP contribution < -0.4 is 5.43 Å². The van der Waals surface area contributed by atoms with Gasteiger partial charge >= 0.3 is 12.2 Å². The van der Waals surface area contributed by atoms with E-state index in [1.165, 1.54) is 0 Å². The van der Waals surface area contributed by atoms with Crippen LogP contribution in [0.3, 0.4) is 0 Å². The first-order chi connectivity index (χ1) is 11.9. The van der Waals surface area contributed by atoms with Crippen molar-refractivity contribution in [3.05, 3.63) is 11.6 Å². The molecule has 0 saturated heterocycles. The zero-order chi connectivity index (χ0) is 20.4. The number of carbonyl (C=O) groups is 2. The highest BCUT2D eigenvalue weighted by Gasteiger charge is 2.26. The van der Waals surface area contributed by atoms with Crippen LogP contribution in [0.4, 0.5) is 9.59 Å². The molecule has 7 heteroatoms. The van der Waals surface area contributed by atoms with E-state index in [1.807, 2.05) is 0 Å². The minimum Gasteiger partial charge on any atom is -0.443 e. The Hall–Kier alpha value is -1.76. The summed E-state index contributed by atoms with van der Waals surface area (Å²) >= 11 is 0. The van der Waals surface area contributed by atoms with E-state index in [9.17, 15) is 9.59 Å². The van der Waals surface area contributed by atoms with Crippen LogP contribution in [0, 0.1) is 0 Å². The monoisotopic (exact) mass is 372 g/mol. The summed E-state index contributed by atoms with van der Waals surface area (Å²) in [5.74, 6) is 0. The number of carbonyl (C=O) groups excluding carboxylic acids is 2. The van der Waals surface area contributed by atoms with Gasteiger partial charge in [-0.1, -0.05) is 19.4 Å². The zero-order valence-corrected chi connectivity index (χ0v) is 17.6. The van der Waals surface area contributed by atoms with Crippen LogP contribution in [-0.4, -0.2) is 48.7 Å². The molecule has 152 valence electrons. The molecule has 0 rings (SSSR count). The predicted molar refractivity (Wildman–Crippen MR) is 102 cm³/mol. The SMILES string of the molecule is CCC/C=C(\CCN(NC(=O)OC(C)(C)C)C(=O)OC(C)(C)C)COC. The zero-order valence-electron chi connectivity index (χ0n) is 17.6. The number of rotatable bonds is 7. The van der Waals surface area contributed by atoms with E-state index in [4.69, 9.17) is 14.2 Å². The first-order valence-corrected chi connectivity index (χ1v) is 9.05. The Labute approximate surface area is 158 Å². The quantitative estimate of drug-likeness (QED) is 0.528. The van der Waals surface area contributed by atoms with Crippen LogP contribution in [0.1, 0.15) is 67.7 Å². The number of methoxy groups -OCH3 is 1. The smallest absolute Gasteiger partial charge is 0.429 e. The molecule has 0 aliphatic carbocycles. The summed E-state index contributed by atoms with van der Waals surface area (Å²) in [5.41, 5.74) is 2.21. The van der Waals surface area contributed by atoms with Crippen molar-refractivity contribution in [2.24, 2.45) is 0 Å². The van der Waals surface area contributed by atoms with E-state index in [-0.39, 0.29) is 6.54 Å². The predicted octanol–water partition coefficient (Wildman–Crippen LogP) is 4.43. The van der Waals surface area contributed by atoms with Gasteiger partial charge in [0.1, 0.15) is 11.2 Å². The van der Waals surface area contributed by atoms with Gasteiger partial charge in [0.2, 0.25) is 0 Å². The van der Waals surface area contributed by atoms with Gasteiger partial charge < -0.3 is 14.2 Å². The van der Waals surface area contributed by atoms with Gasteiger partial charge in [-0.15, -0.1) is 0 Å². The van der Waals surface area contributed by atoms with Crippen molar-refractivity contribution < 1.29 is 23.8 Å². The highest BCUT2D eigenvalue weighted by Crippen LogP contribution is 2.12. The van der Waals surface area contributed by atoms with Crippen LogP contribution in [0.5, 0.6) is 0 Å². The summed E-state index contributed by atoms with van der Waals surface area (Å²) in [6.07, 6.45) is 3.29. The lowest BCUT2D eigenvalue weighted by molar-refractivity contribution is 0.00148. The van der Waals surface area contributed by atoms with E-state index in [0.717, 1.165) is 23.4 Å². The number of hydrazine groups is 1. The van der Waals surface area contributed by atoms with Crippen molar-refractivity contribution in [1.29, 1.82) is 0 Å². The number of hydrogen-bond donors (Lipinski definition) is 1. The molecule has 0 aromatic rings. The van der Waals surface area contributed by atoms with Crippen molar-refractivity contribution in [3.8, 4) is 0 Å². The second-order valence-electron chi connectivity index (χ2n) is 8.08. The summed E-state index contributed by atoms with van der Waals surface area (Å²) in [7, 11) is 1.63. The maximum Gasteiger partial charge on any atom is 0.429 e. The van der Waals surface area contributed by atoms with Crippen LogP contribution >= 0.6 is 0 Å². The van der Waals surface area contributed by atoms with Crippen molar-refractivity contribution in [2.45, 2.75) is 78.9 Å². The van der Waals surface area contributed by atoms with Gasteiger partial charge in [0.05, 0.1) is 6.61 Å². The number of ether oxygens (including phenoxy) is 3. The fraction of sp³-hybridized carbons (Fsp3) is 0.789. The summed E-state index contributed by atoms with van der Waals surface area (Å²) < 4.78 is 15.8. The molecule has 0 aliphatic heterocycles. The molecule has 0 fully saturated rings. The first kappa shape index (κ1) is 24.2. The Morgan fingerprint density at radius 3 is 2.08 bits per heavy atom. The largest absolute Gasteiger partial charge is 0.443 e. The van der Waals surface area contributed by atoms with Crippen molar-refractivity contribution in [1.82, 2.24) is 10.4 Å². The number of nitrogens with zero attached hydrogens (tertiary/aromatic N) is 1. The van der Waals surface area contributed by atoms with Gasteiger partial charge in [-0.25, -0.2) is 20.0 Å². The topological polar surface area (TPSA) is 77.1 Å². The van der Waals surface area contributed by atoms with Gasteiger partial charge in [0.15, 0.2) is 0 Å². The molecule has 0 spiro atoms. The highest BCUT2D eigenvalue weighted by molar-refractivity contribution is 5.74. The lowest BCUT2D eigenvalue weighted by atomic mass is 10.1. The summed E-state index contributed by atoms with van der Waals surface area (Å²) in [4.78, 5) is 24.5. The average Bonchev–Trinajstić information content (AvgIpc) is 2.44. The molecule has 2 amide bonds. The third-order valence-electron chi connectivity index (χ3n) is 2.95. The van der Waals surface area contributed by atoms with E-state index >= 15 is 0 Å². The summed E-state index contributed by atoms with van der Waals surface area (Å²) in [6.45, 7) is 13.4. The van der Waals surface area contributed by atoms with Crippen molar-refractivity contribution >= 4 is 12.2 Å². The van der Waals surface area contributed by atoms with Gasteiger partial charge in [-0.3, -0.25) is 0 Å². The van der Waals surface area contributed by atoms with Crippen LogP contribution in [-0.2, 0) is 14.2 Å². The maximum absolute atomic E-state index is 12.4. The van der Waals surface area contributed by atoms with Crippen LogP contribution in [0.25, 0.3) is 0 Å². The molecule has 1 N–H and O–H groups in total. The van der Waals surface area contributed by atoms with Crippen LogP contribution in [0.15, 0.2) is 11.6 Å². The minimum absolute atomic E-state index is 0.257. The molecule has 0 aromatic heterocycles. The molecular formula is C19H36N2O5. The number of allylic oxidation sites excluding steroid dienone is 1. The van der Waals surface area contributed by atoms with E-state index in [0.29, 0.717) is 13.0 Å². The number of nitrogens with one attached hydrogen (secondary N) is 1. The van der Waals surface area contributed by atoms with Gasteiger partial charge in [0, 0.05) is 13.7 Å². The molecular weight excluding hydrogens is 336 g/mol. The second-order valence-corrected chi connectivity index (χ2v) is 8.08. The Morgan fingerprint density at radius 2 is 1.62 bits per heavy atom. The summed E-state index contributed by atoms with van der Waals surface area (Å²) in [6, 6.07) is 0. The third-order valence-corrected chi connectivity index (χ3v) is 2.95. The number of hydrogen-bond acceptors (Lipinski definition) is 5. The molecule has 0 radical (unpaired) electrons. The molecule has 0 aliphatic rings. The normalized spacial score (nSPS) is 12.5. The Balaban J connectivity index is 5.07. The fourth-order valence-corrected chi connectivity index (χ4v) is 1.94. The standard InChI is InChI=1S/C19H36N2O5/c1-9-10-11-15(14-24-8)12-13-21(17(23)26-19(5,6)7)20-16(22)25-18(2,3)4/h11H,9-10,12-14H2,1-8H3,(H,20,22)/b15-11+. The molecule has 0 aromatic carbocycles. The van der Waals surface area contributed by atoms with Gasteiger partial charge in [-0.05, 0) is 60.0 Å². The van der Waals surface area contributed by atoms with Crippen LogP contribution in [0.2, 0.25) is 0 Å². The molecule has 26 heavy (non-hydrogen) atoms. The molecule has 0 bridgehead atoms. The van der Waals surface area contributed by atoms with E-state index in [1.54, 1.807) is 48.7 Å². The first-order valence-electron chi connectivity index (χ1n) is 9.05. The lowest BCUT2D eigenvalue weighted by Crippen LogP contribution is -2.50. The molecule has 0 saturated carbocycles. The van der Waals surface area contributed by atoms with Crippen molar-refractivity contribution in [3.63, 3.8) is 0 Å². The Bertz CT molecular complexity index is 475. The Morgan fingerprint density at radius 1 is 1.04 bits per heavy atom. The van der Waals surface area contributed by atoms with E-state index in [2.05, 4.69) is 18.4 Å². The fourth-order valence-electron chi connectivity index (χ4n) is 1.94. The number of amides is 2. The third kappa shape index (κ3) is 12.6. The Kier molecular flexibility index (Phi) is 10.3. The average molecular weight is 373 g/mol. The van der Waals surface area contributed by atoms with Crippen molar-refractivity contribution in [2.75, 3.05) is 20.3 Å². The molecule has 0 unspecified atom stereocenters. The van der Waals surface area contributed by atoms with Gasteiger partial charge in [-0.2, -0.15) is 0 Å². The molecule has 0 heterocycles. The number of unbranched alkanes of at least 4 members (excludes halogenated alkanes) is 1. The maximum atomic E-state index is 12.4. The molecule has 0 atom stereocenters.